The van der Waals surface area contributed by atoms with Crippen molar-refractivity contribution in [3.8, 4) is 23.0 Å². The normalized spacial score (nSPS) is 23.5. The van der Waals surface area contributed by atoms with E-state index in [1.807, 2.05) is 24.3 Å². The van der Waals surface area contributed by atoms with Crippen molar-refractivity contribution >= 4 is 27.5 Å². The number of anilines is 1. The van der Waals surface area contributed by atoms with E-state index in [1.54, 1.807) is 18.3 Å². The smallest absolute Gasteiger partial charge is 0.319 e. The molecule has 4 aliphatic rings. The predicted molar refractivity (Wildman–Crippen MR) is 145 cm³/mol. The quantitative estimate of drug-likeness (QED) is 0.412. The second-order valence-corrected chi connectivity index (χ2v) is 10.8. The van der Waals surface area contributed by atoms with E-state index in [0.29, 0.717) is 35.5 Å². The van der Waals surface area contributed by atoms with E-state index < -0.39 is 5.82 Å². The molecule has 4 aromatic rings. The Kier molecular flexibility index (Phi) is 5.78. The number of hydrogen-bond donors (Lipinski definition) is 2. The standard InChI is InChI=1S/C29H31FN6O2/c1-35-10-4-6-20(35)16-38-29-33-27-24(28(34-29)36-15-18-8-9-19(36)13-31-18)14-32-26(25(27)30)23-12-21(37)11-17-5-2-3-7-22(17)23/h2-3,5,7,11-12,14,18-20,31,37H,4,6,8-10,13,15-16H2,1H3/t18-,19-,20?/m1/s1. The van der Waals surface area contributed by atoms with Gasteiger partial charge in [-0.05, 0) is 62.2 Å². The molecule has 0 aliphatic carbocycles. The van der Waals surface area contributed by atoms with Gasteiger partial charge in [-0.1, -0.05) is 24.3 Å². The maximum Gasteiger partial charge on any atom is 0.319 e. The third kappa shape index (κ3) is 4.01. The Labute approximate surface area is 220 Å². The molecule has 38 heavy (non-hydrogen) atoms. The monoisotopic (exact) mass is 514 g/mol. The molecule has 4 saturated heterocycles. The molecule has 4 aliphatic heterocycles. The number of hydrogen-bond acceptors (Lipinski definition) is 8. The van der Waals surface area contributed by atoms with E-state index in [0.717, 1.165) is 56.1 Å². The lowest BCUT2D eigenvalue weighted by atomic mass is 9.93. The van der Waals surface area contributed by atoms with Gasteiger partial charge in [0.1, 0.15) is 29.4 Å². The Morgan fingerprint density at radius 1 is 1.13 bits per heavy atom. The first-order chi connectivity index (χ1) is 18.5. The van der Waals surface area contributed by atoms with Gasteiger partial charge in [0.2, 0.25) is 0 Å². The molecule has 0 saturated carbocycles. The second kappa shape index (κ2) is 9.32. The molecule has 4 fully saturated rings. The minimum atomic E-state index is -0.537. The van der Waals surface area contributed by atoms with Crippen LogP contribution >= 0.6 is 0 Å². The van der Waals surface area contributed by atoms with Crippen LogP contribution in [0.15, 0.2) is 42.6 Å². The number of rotatable bonds is 5. The average molecular weight is 515 g/mol. The summed E-state index contributed by atoms with van der Waals surface area (Å²) in [5.74, 6) is 0.203. The fourth-order valence-corrected chi connectivity index (χ4v) is 6.31. The molecule has 2 N–H and O–H groups in total. The minimum Gasteiger partial charge on any atom is -0.508 e. The highest BCUT2D eigenvalue weighted by atomic mass is 19.1. The second-order valence-electron chi connectivity index (χ2n) is 10.8. The SMILES string of the molecule is CN1CCCC1COc1nc(N2C[C@H]3CC[C@@H]2CN3)c2cnc(-c3cc(O)cc4ccccc34)c(F)c2n1. The highest BCUT2D eigenvalue weighted by Crippen LogP contribution is 2.38. The van der Waals surface area contributed by atoms with Gasteiger partial charge in [0, 0.05) is 43.0 Å². The molecule has 8 rings (SSSR count). The van der Waals surface area contributed by atoms with Crippen molar-refractivity contribution in [1.29, 1.82) is 0 Å². The van der Waals surface area contributed by atoms with Gasteiger partial charge in [-0.2, -0.15) is 9.97 Å². The zero-order chi connectivity index (χ0) is 25.8. The van der Waals surface area contributed by atoms with Gasteiger partial charge in [-0.25, -0.2) is 4.39 Å². The summed E-state index contributed by atoms with van der Waals surface area (Å²) in [6, 6.07) is 12.0. The summed E-state index contributed by atoms with van der Waals surface area (Å²) < 4.78 is 22.5. The summed E-state index contributed by atoms with van der Waals surface area (Å²) in [5, 5.41) is 16.2. The fourth-order valence-electron chi connectivity index (χ4n) is 6.31. The molecule has 0 amide bonds. The molecule has 2 aromatic heterocycles. The van der Waals surface area contributed by atoms with Crippen molar-refractivity contribution in [2.45, 2.75) is 43.8 Å². The van der Waals surface area contributed by atoms with Gasteiger partial charge in [0.25, 0.3) is 0 Å². The fraction of sp³-hybridized carbons (Fsp3) is 0.414. The number of halogens is 1. The number of nitrogens with one attached hydrogen (secondary N) is 1. The van der Waals surface area contributed by atoms with E-state index in [-0.39, 0.29) is 29.0 Å². The number of benzene rings is 2. The zero-order valence-electron chi connectivity index (χ0n) is 21.4. The molecule has 3 atom stereocenters. The van der Waals surface area contributed by atoms with Crippen molar-refractivity contribution < 1.29 is 14.2 Å². The summed E-state index contributed by atoms with van der Waals surface area (Å²) >= 11 is 0. The summed E-state index contributed by atoms with van der Waals surface area (Å²) in [6.07, 6.45) is 6.07. The first kappa shape index (κ1) is 23.5. The van der Waals surface area contributed by atoms with E-state index in [9.17, 15) is 5.11 Å². The molecular weight excluding hydrogens is 483 g/mol. The largest absolute Gasteiger partial charge is 0.508 e. The Balaban J connectivity index is 1.37. The van der Waals surface area contributed by atoms with Gasteiger partial charge < -0.3 is 25.0 Å². The Bertz CT molecular complexity index is 1520. The summed E-state index contributed by atoms with van der Waals surface area (Å²) in [5.41, 5.74) is 0.866. The topological polar surface area (TPSA) is 86.6 Å². The van der Waals surface area contributed by atoms with Crippen LogP contribution in [0.4, 0.5) is 10.2 Å². The average Bonchev–Trinajstić information content (AvgIpc) is 3.36. The van der Waals surface area contributed by atoms with Crippen molar-refractivity contribution in [3.63, 3.8) is 0 Å². The summed E-state index contributed by atoms with van der Waals surface area (Å²) in [4.78, 5) is 18.6. The number of nitrogens with zero attached hydrogens (tertiary/aromatic N) is 5. The summed E-state index contributed by atoms with van der Waals surface area (Å²) in [6.45, 7) is 3.19. The van der Waals surface area contributed by atoms with Crippen LogP contribution in [-0.4, -0.2) is 76.4 Å². The summed E-state index contributed by atoms with van der Waals surface area (Å²) in [7, 11) is 2.10. The Morgan fingerprint density at radius 3 is 2.79 bits per heavy atom. The molecule has 6 heterocycles. The van der Waals surface area contributed by atoms with Crippen LogP contribution in [0.1, 0.15) is 25.7 Å². The number of likely N-dealkylation sites (N-methyl/N-ethyl adjacent to an activating group) is 1. The van der Waals surface area contributed by atoms with Crippen LogP contribution < -0.4 is 15.0 Å². The molecule has 1 unspecified atom stereocenters. The molecule has 2 aromatic carbocycles. The maximum atomic E-state index is 16.4. The number of aromatic hydroxyl groups is 1. The number of likely N-dealkylation sites (tertiary alicyclic amines) is 1. The van der Waals surface area contributed by atoms with Crippen LogP contribution in [0.2, 0.25) is 0 Å². The lowest BCUT2D eigenvalue weighted by Crippen LogP contribution is -2.61. The molecule has 0 radical (unpaired) electrons. The van der Waals surface area contributed by atoms with Gasteiger partial charge >= 0.3 is 6.01 Å². The molecule has 0 spiro atoms. The zero-order valence-corrected chi connectivity index (χ0v) is 21.4. The van der Waals surface area contributed by atoms with E-state index in [2.05, 4.69) is 32.1 Å². The van der Waals surface area contributed by atoms with Gasteiger partial charge in [0.15, 0.2) is 5.82 Å². The Morgan fingerprint density at radius 2 is 2.03 bits per heavy atom. The third-order valence-electron chi connectivity index (χ3n) is 8.44. The maximum absolute atomic E-state index is 16.4. The molecule has 8 nitrogen and oxygen atoms in total. The van der Waals surface area contributed by atoms with Gasteiger partial charge in [0.05, 0.1) is 5.39 Å². The first-order valence-electron chi connectivity index (χ1n) is 13.5. The lowest BCUT2D eigenvalue weighted by Gasteiger charge is -2.46. The number of piperidine rings is 2. The van der Waals surface area contributed by atoms with Crippen LogP contribution in [0.5, 0.6) is 11.8 Å². The number of phenols is 1. The van der Waals surface area contributed by atoms with Crippen LogP contribution in [0.3, 0.4) is 0 Å². The predicted octanol–water partition coefficient (Wildman–Crippen LogP) is 4.10. The number of piperazine rings is 1. The third-order valence-corrected chi connectivity index (χ3v) is 8.44. The van der Waals surface area contributed by atoms with E-state index in [1.165, 1.54) is 0 Å². The van der Waals surface area contributed by atoms with Crippen LogP contribution in [-0.2, 0) is 0 Å². The highest BCUT2D eigenvalue weighted by Gasteiger charge is 2.36. The number of phenolic OH excluding ortho intramolecular Hbond substituents is 1. The van der Waals surface area contributed by atoms with E-state index >= 15 is 4.39 Å². The number of aromatic nitrogens is 3. The molecular formula is C29H31FN6O2. The van der Waals surface area contributed by atoms with Gasteiger partial charge in [-0.15, -0.1) is 0 Å². The highest BCUT2D eigenvalue weighted by molar-refractivity contribution is 5.99. The van der Waals surface area contributed by atoms with Crippen molar-refractivity contribution in [2.24, 2.45) is 0 Å². The Hall–Kier alpha value is -3.56. The van der Waals surface area contributed by atoms with Gasteiger partial charge in [-0.3, -0.25) is 4.98 Å². The number of pyridine rings is 1. The van der Waals surface area contributed by atoms with Crippen molar-refractivity contribution in [3.05, 3.63) is 48.4 Å². The van der Waals surface area contributed by atoms with Crippen LogP contribution in [0.25, 0.3) is 32.9 Å². The van der Waals surface area contributed by atoms with Crippen molar-refractivity contribution in [2.75, 3.05) is 38.2 Å². The number of ether oxygens (including phenoxy) is 1. The molecule has 9 heteroatoms. The first-order valence-corrected chi connectivity index (χ1v) is 13.5. The van der Waals surface area contributed by atoms with Crippen LogP contribution in [0, 0.1) is 5.82 Å². The minimum absolute atomic E-state index is 0.0601. The number of fused-ring (bicyclic) bond motifs is 5. The van der Waals surface area contributed by atoms with E-state index in [4.69, 9.17) is 9.72 Å². The molecule has 196 valence electrons. The van der Waals surface area contributed by atoms with Crippen molar-refractivity contribution in [1.82, 2.24) is 25.2 Å². The lowest BCUT2D eigenvalue weighted by molar-refractivity contribution is 0.188. The molecule has 2 bridgehead atoms.